The van der Waals surface area contributed by atoms with E-state index < -0.39 is 13.2 Å². The summed E-state index contributed by atoms with van der Waals surface area (Å²) in [6.45, 7) is 0. The minimum Gasteiger partial charge on any atom is -0.314 e. The molecule has 0 spiro atoms. The van der Waals surface area contributed by atoms with Crippen molar-refractivity contribution in [2.75, 3.05) is 0 Å². The second-order valence-electron chi connectivity index (χ2n) is 7.74. The number of nitrogens with one attached hydrogen (secondary N) is 1. The Bertz CT molecular complexity index is 1170. The zero-order valence-corrected chi connectivity index (χ0v) is 17.9. The van der Waals surface area contributed by atoms with E-state index in [0.717, 1.165) is 22.0 Å². The molecule has 1 heterocycles. The molecule has 0 radical (unpaired) electrons. The zero-order chi connectivity index (χ0) is 21.1. The van der Waals surface area contributed by atoms with Gasteiger partial charge in [0, 0.05) is 5.30 Å². The van der Waals surface area contributed by atoms with Gasteiger partial charge in [-0.25, -0.2) is 0 Å². The highest BCUT2D eigenvalue weighted by atomic mass is 31.2. The molecule has 0 bridgehead atoms. The first kappa shape index (κ1) is 20.0. The maximum Gasteiger partial charge on any atom is 0.253 e. The summed E-state index contributed by atoms with van der Waals surface area (Å²) in [6.07, 6.45) is -0.380. The lowest BCUT2D eigenvalue weighted by Crippen LogP contribution is -2.39. The topological polar surface area (TPSA) is 38.3 Å². The van der Waals surface area contributed by atoms with Crippen LogP contribution in [0.3, 0.4) is 0 Å². The van der Waals surface area contributed by atoms with Gasteiger partial charge in [0.25, 0.3) is 7.37 Å². The first-order valence-corrected chi connectivity index (χ1v) is 12.2. The number of hydrogen-bond donors (Lipinski definition) is 1. The summed E-state index contributed by atoms with van der Waals surface area (Å²) < 4.78 is 21.3. The van der Waals surface area contributed by atoms with Crippen molar-refractivity contribution < 1.29 is 9.09 Å². The van der Waals surface area contributed by atoms with Gasteiger partial charge in [-0.2, -0.15) is 0 Å². The summed E-state index contributed by atoms with van der Waals surface area (Å²) in [5, 5.41) is 4.46. The smallest absolute Gasteiger partial charge is 0.253 e. The maximum absolute atomic E-state index is 14.6. The molecule has 154 valence electrons. The first-order valence-electron chi connectivity index (χ1n) is 10.5. The molecule has 1 aliphatic heterocycles. The van der Waals surface area contributed by atoms with Crippen molar-refractivity contribution >= 4 is 12.7 Å². The average molecular weight is 425 g/mol. The standard InChI is InChI=1S/C27H24NO2P/c29-31(24-19-11-4-12-20-24)27(23-17-9-3-10-18-23)28-25(21-13-5-1-6-14-21)26(30-31)22-15-7-2-8-16-22/h1-20,25-28H/t25-,26+,27-,31?/m0/s1. The van der Waals surface area contributed by atoms with Gasteiger partial charge in [0.2, 0.25) is 0 Å². The molecule has 0 aliphatic carbocycles. The van der Waals surface area contributed by atoms with Gasteiger partial charge in [-0.3, -0.25) is 9.88 Å². The number of hydrogen-bond acceptors (Lipinski definition) is 3. The predicted octanol–water partition coefficient (Wildman–Crippen LogP) is 6.39. The van der Waals surface area contributed by atoms with Crippen LogP contribution >= 0.6 is 7.37 Å². The Morgan fingerprint density at radius 1 is 0.581 bits per heavy atom. The minimum atomic E-state index is -3.29. The fraction of sp³-hybridized carbons (Fsp3) is 0.111. The molecule has 0 saturated carbocycles. The molecule has 1 fully saturated rings. The highest BCUT2D eigenvalue weighted by Gasteiger charge is 2.48. The lowest BCUT2D eigenvalue weighted by molar-refractivity contribution is 0.127. The molecule has 4 atom stereocenters. The highest BCUT2D eigenvalue weighted by molar-refractivity contribution is 7.67. The molecule has 0 aromatic heterocycles. The molecule has 4 heteroatoms. The molecular formula is C27H24NO2P. The molecule has 4 aromatic rings. The average Bonchev–Trinajstić information content (AvgIpc) is 2.86. The molecule has 1 N–H and O–H groups in total. The van der Waals surface area contributed by atoms with E-state index in [4.69, 9.17) is 4.52 Å². The van der Waals surface area contributed by atoms with Crippen LogP contribution in [0.2, 0.25) is 0 Å². The van der Waals surface area contributed by atoms with Gasteiger partial charge in [0.1, 0.15) is 11.9 Å². The van der Waals surface area contributed by atoms with Crippen molar-refractivity contribution in [3.8, 4) is 0 Å². The monoisotopic (exact) mass is 425 g/mol. The normalized spacial score (nSPS) is 25.7. The third-order valence-corrected chi connectivity index (χ3v) is 8.45. The molecule has 1 unspecified atom stereocenters. The minimum absolute atomic E-state index is 0.139. The fourth-order valence-corrected chi connectivity index (χ4v) is 6.88. The van der Waals surface area contributed by atoms with Gasteiger partial charge < -0.3 is 4.52 Å². The fourth-order valence-electron chi connectivity index (χ4n) is 4.25. The van der Waals surface area contributed by atoms with Crippen molar-refractivity contribution in [2.24, 2.45) is 0 Å². The van der Waals surface area contributed by atoms with Crippen LogP contribution in [0.1, 0.15) is 34.6 Å². The molecule has 5 rings (SSSR count). The Morgan fingerprint density at radius 2 is 1.03 bits per heavy atom. The summed E-state index contributed by atoms with van der Waals surface area (Å²) in [5.74, 6) is -0.443. The summed E-state index contributed by atoms with van der Waals surface area (Å²) in [6, 6.07) is 39.7. The van der Waals surface area contributed by atoms with Gasteiger partial charge in [-0.1, -0.05) is 109 Å². The van der Waals surface area contributed by atoms with Crippen LogP contribution < -0.4 is 10.6 Å². The molecule has 1 aliphatic rings. The van der Waals surface area contributed by atoms with Crippen LogP contribution in [0.15, 0.2) is 121 Å². The third-order valence-electron chi connectivity index (χ3n) is 5.77. The summed E-state index contributed by atoms with van der Waals surface area (Å²) in [5.41, 5.74) is 3.07. The lowest BCUT2D eigenvalue weighted by atomic mass is 9.95. The van der Waals surface area contributed by atoms with Crippen molar-refractivity contribution in [3.63, 3.8) is 0 Å². The lowest BCUT2D eigenvalue weighted by Gasteiger charge is -2.43. The maximum atomic E-state index is 14.6. The van der Waals surface area contributed by atoms with Gasteiger partial charge in [-0.05, 0) is 28.8 Å². The van der Waals surface area contributed by atoms with E-state index >= 15 is 0 Å². The highest BCUT2D eigenvalue weighted by Crippen LogP contribution is 2.65. The van der Waals surface area contributed by atoms with Gasteiger partial charge in [0.05, 0.1) is 6.04 Å². The summed E-state index contributed by atoms with van der Waals surface area (Å²) in [7, 11) is -3.29. The third kappa shape index (κ3) is 3.88. The Balaban J connectivity index is 1.67. The Morgan fingerprint density at radius 3 is 1.58 bits per heavy atom. The van der Waals surface area contributed by atoms with E-state index in [1.165, 1.54) is 0 Å². The number of benzene rings is 4. The molecule has 31 heavy (non-hydrogen) atoms. The SMILES string of the molecule is O=P1(c2ccccc2)O[C@H](c2ccccc2)[C@H](c2ccccc2)N[C@@H]1c1ccccc1. The van der Waals surface area contributed by atoms with E-state index in [-0.39, 0.29) is 12.1 Å². The van der Waals surface area contributed by atoms with Crippen molar-refractivity contribution in [1.82, 2.24) is 5.32 Å². The van der Waals surface area contributed by atoms with E-state index in [0.29, 0.717) is 0 Å². The van der Waals surface area contributed by atoms with Crippen molar-refractivity contribution in [2.45, 2.75) is 17.9 Å². The largest absolute Gasteiger partial charge is 0.314 e. The Labute approximate surface area is 183 Å². The van der Waals surface area contributed by atoms with Gasteiger partial charge in [0.15, 0.2) is 0 Å². The molecule has 3 nitrogen and oxygen atoms in total. The summed E-state index contributed by atoms with van der Waals surface area (Å²) >= 11 is 0. The van der Waals surface area contributed by atoms with Crippen LogP contribution in [-0.2, 0) is 9.09 Å². The Kier molecular flexibility index (Phi) is 5.57. The van der Waals surface area contributed by atoms with Gasteiger partial charge >= 0.3 is 0 Å². The van der Waals surface area contributed by atoms with Crippen LogP contribution in [0.5, 0.6) is 0 Å². The van der Waals surface area contributed by atoms with E-state index in [9.17, 15) is 4.57 Å². The van der Waals surface area contributed by atoms with Gasteiger partial charge in [-0.15, -0.1) is 0 Å². The Hall–Kier alpha value is -2.97. The van der Waals surface area contributed by atoms with E-state index in [1.54, 1.807) is 0 Å². The number of rotatable bonds is 4. The van der Waals surface area contributed by atoms with Crippen LogP contribution in [0, 0.1) is 0 Å². The van der Waals surface area contributed by atoms with E-state index in [2.05, 4.69) is 17.4 Å². The zero-order valence-electron chi connectivity index (χ0n) is 17.0. The second-order valence-corrected chi connectivity index (χ2v) is 10.2. The molecule has 0 amide bonds. The first-order chi connectivity index (χ1) is 15.3. The molecular weight excluding hydrogens is 401 g/mol. The predicted molar refractivity (Wildman–Crippen MR) is 125 cm³/mol. The summed E-state index contributed by atoms with van der Waals surface area (Å²) in [4.78, 5) is 0. The second kappa shape index (κ2) is 8.64. The molecule has 1 saturated heterocycles. The quantitative estimate of drug-likeness (QED) is 0.385. The van der Waals surface area contributed by atoms with Crippen LogP contribution in [0.25, 0.3) is 0 Å². The van der Waals surface area contributed by atoms with Crippen LogP contribution in [-0.4, -0.2) is 0 Å². The van der Waals surface area contributed by atoms with Crippen molar-refractivity contribution in [3.05, 3.63) is 138 Å². The van der Waals surface area contributed by atoms with E-state index in [1.807, 2.05) is 109 Å². The van der Waals surface area contributed by atoms with Crippen molar-refractivity contribution in [1.29, 1.82) is 0 Å². The molecule has 4 aromatic carbocycles. The van der Waals surface area contributed by atoms with Crippen LogP contribution in [0.4, 0.5) is 0 Å².